The van der Waals surface area contributed by atoms with E-state index in [1.165, 1.54) is 0 Å². The SMILES string of the molecule is C=CCN(CC=C)CCNN. The number of hydrogen-bond acceptors (Lipinski definition) is 3. The predicted molar refractivity (Wildman–Crippen MR) is 49.0 cm³/mol. The number of nitrogens with two attached hydrogens (primary N) is 1. The van der Waals surface area contributed by atoms with Crippen LogP contribution in [0.15, 0.2) is 25.3 Å². The van der Waals surface area contributed by atoms with Gasteiger partial charge in [0.15, 0.2) is 0 Å². The van der Waals surface area contributed by atoms with Crippen LogP contribution in [-0.4, -0.2) is 31.1 Å². The van der Waals surface area contributed by atoms with Gasteiger partial charge in [-0.15, -0.1) is 13.2 Å². The summed E-state index contributed by atoms with van der Waals surface area (Å²) in [5, 5.41) is 0. The summed E-state index contributed by atoms with van der Waals surface area (Å²) in [6.07, 6.45) is 3.75. The molecular formula is C8H17N3. The molecule has 0 aliphatic rings. The molecule has 0 aliphatic heterocycles. The molecule has 0 atom stereocenters. The van der Waals surface area contributed by atoms with Gasteiger partial charge >= 0.3 is 0 Å². The molecular weight excluding hydrogens is 138 g/mol. The highest BCUT2D eigenvalue weighted by Gasteiger charge is 1.97. The van der Waals surface area contributed by atoms with Crippen molar-refractivity contribution in [3.8, 4) is 0 Å². The lowest BCUT2D eigenvalue weighted by molar-refractivity contribution is 0.333. The summed E-state index contributed by atoms with van der Waals surface area (Å²) in [6, 6.07) is 0. The van der Waals surface area contributed by atoms with Crippen LogP contribution in [0.4, 0.5) is 0 Å². The Morgan fingerprint density at radius 3 is 2.18 bits per heavy atom. The monoisotopic (exact) mass is 155 g/mol. The molecule has 0 bridgehead atoms. The van der Waals surface area contributed by atoms with Gasteiger partial charge < -0.3 is 0 Å². The maximum atomic E-state index is 5.14. The van der Waals surface area contributed by atoms with Crippen molar-refractivity contribution in [2.45, 2.75) is 0 Å². The molecule has 0 heterocycles. The lowest BCUT2D eigenvalue weighted by atomic mass is 10.4. The van der Waals surface area contributed by atoms with E-state index in [1.807, 2.05) is 12.2 Å². The topological polar surface area (TPSA) is 41.3 Å². The number of rotatable bonds is 7. The van der Waals surface area contributed by atoms with Gasteiger partial charge in [0.1, 0.15) is 0 Å². The van der Waals surface area contributed by atoms with Crippen molar-refractivity contribution in [2.75, 3.05) is 26.2 Å². The Morgan fingerprint density at radius 2 is 1.82 bits per heavy atom. The minimum atomic E-state index is 0.793. The van der Waals surface area contributed by atoms with E-state index in [-0.39, 0.29) is 0 Å². The molecule has 0 aromatic carbocycles. The van der Waals surface area contributed by atoms with Crippen molar-refractivity contribution in [3.63, 3.8) is 0 Å². The van der Waals surface area contributed by atoms with Crippen LogP contribution in [0.3, 0.4) is 0 Å². The first-order valence-corrected chi connectivity index (χ1v) is 3.72. The third kappa shape index (κ3) is 5.79. The minimum absolute atomic E-state index is 0.793. The quantitative estimate of drug-likeness (QED) is 0.312. The lowest BCUT2D eigenvalue weighted by Crippen LogP contribution is -2.35. The fourth-order valence-corrected chi connectivity index (χ4v) is 0.845. The molecule has 0 saturated heterocycles. The third-order valence-corrected chi connectivity index (χ3v) is 1.35. The van der Waals surface area contributed by atoms with E-state index in [4.69, 9.17) is 5.84 Å². The Bertz CT molecular complexity index is 102. The fourth-order valence-electron chi connectivity index (χ4n) is 0.845. The molecule has 0 spiro atoms. The molecule has 0 saturated carbocycles. The highest BCUT2D eigenvalue weighted by atomic mass is 15.2. The smallest absolute Gasteiger partial charge is 0.0226 e. The number of hydrazine groups is 1. The maximum absolute atomic E-state index is 5.14. The highest BCUT2D eigenvalue weighted by molar-refractivity contribution is 4.79. The Morgan fingerprint density at radius 1 is 1.27 bits per heavy atom. The van der Waals surface area contributed by atoms with Crippen molar-refractivity contribution < 1.29 is 0 Å². The van der Waals surface area contributed by atoms with Crippen LogP contribution in [0.1, 0.15) is 0 Å². The Kier molecular flexibility index (Phi) is 7.03. The number of hydrogen-bond donors (Lipinski definition) is 2. The van der Waals surface area contributed by atoms with Gasteiger partial charge in [-0.1, -0.05) is 12.2 Å². The van der Waals surface area contributed by atoms with Gasteiger partial charge in [0.2, 0.25) is 0 Å². The molecule has 64 valence electrons. The van der Waals surface area contributed by atoms with Crippen LogP contribution in [-0.2, 0) is 0 Å². The van der Waals surface area contributed by atoms with Crippen LogP contribution in [0.25, 0.3) is 0 Å². The zero-order chi connectivity index (χ0) is 8.53. The zero-order valence-electron chi connectivity index (χ0n) is 6.92. The third-order valence-electron chi connectivity index (χ3n) is 1.35. The number of nitrogens with zero attached hydrogens (tertiary/aromatic N) is 1. The van der Waals surface area contributed by atoms with E-state index in [0.717, 1.165) is 26.2 Å². The summed E-state index contributed by atoms with van der Waals surface area (Å²) in [6.45, 7) is 10.8. The van der Waals surface area contributed by atoms with Crippen molar-refractivity contribution in [3.05, 3.63) is 25.3 Å². The van der Waals surface area contributed by atoms with Gasteiger partial charge in [-0.25, -0.2) is 0 Å². The van der Waals surface area contributed by atoms with Gasteiger partial charge in [-0.3, -0.25) is 16.2 Å². The summed E-state index contributed by atoms with van der Waals surface area (Å²) in [4.78, 5) is 2.19. The molecule has 3 N–H and O–H groups in total. The molecule has 0 unspecified atom stereocenters. The molecule has 0 rings (SSSR count). The average molecular weight is 155 g/mol. The Hall–Kier alpha value is -0.640. The van der Waals surface area contributed by atoms with Gasteiger partial charge in [0.05, 0.1) is 0 Å². The van der Waals surface area contributed by atoms with Crippen LogP contribution in [0.2, 0.25) is 0 Å². The Balaban J connectivity index is 3.49. The summed E-state index contributed by atoms with van der Waals surface area (Å²) in [5.74, 6) is 5.14. The van der Waals surface area contributed by atoms with Crippen molar-refractivity contribution >= 4 is 0 Å². The molecule has 3 nitrogen and oxygen atoms in total. The van der Waals surface area contributed by atoms with Crippen LogP contribution in [0, 0.1) is 0 Å². The highest BCUT2D eigenvalue weighted by Crippen LogP contribution is 1.86. The second kappa shape index (κ2) is 7.47. The second-order valence-corrected chi connectivity index (χ2v) is 2.29. The normalized spacial score (nSPS) is 10.0. The second-order valence-electron chi connectivity index (χ2n) is 2.29. The summed E-state index contributed by atoms with van der Waals surface area (Å²) >= 11 is 0. The average Bonchev–Trinajstić information content (AvgIpc) is 2.01. The van der Waals surface area contributed by atoms with E-state index < -0.39 is 0 Å². The van der Waals surface area contributed by atoms with Gasteiger partial charge in [0, 0.05) is 26.2 Å². The largest absolute Gasteiger partial charge is 0.295 e. The standard InChI is InChI=1S/C8H17N3/c1-3-6-11(7-4-2)8-5-10-9/h3-4,10H,1-2,5-9H2. The van der Waals surface area contributed by atoms with Crippen molar-refractivity contribution in [2.24, 2.45) is 5.84 Å². The van der Waals surface area contributed by atoms with Crippen LogP contribution in [0.5, 0.6) is 0 Å². The predicted octanol–water partition coefficient (Wildman–Crippen LogP) is 0.124. The van der Waals surface area contributed by atoms with Gasteiger partial charge in [0.25, 0.3) is 0 Å². The number of nitrogens with one attached hydrogen (secondary N) is 1. The first-order chi connectivity index (χ1) is 5.35. The van der Waals surface area contributed by atoms with Crippen LogP contribution < -0.4 is 11.3 Å². The Labute approximate surface area is 68.5 Å². The molecule has 0 aliphatic carbocycles. The van der Waals surface area contributed by atoms with Gasteiger partial charge in [-0.2, -0.15) is 0 Å². The first-order valence-electron chi connectivity index (χ1n) is 3.72. The molecule has 0 aromatic heterocycles. The minimum Gasteiger partial charge on any atom is -0.295 e. The summed E-state index contributed by atoms with van der Waals surface area (Å²) in [5.41, 5.74) is 2.60. The van der Waals surface area contributed by atoms with E-state index in [1.54, 1.807) is 0 Å². The molecule has 3 heteroatoms. The lowest BCUT2D eigenvalue weighted by Gasteiger charge is -2.17. The van der Waals surface area contributed by atoms with Crippen molar-refractivity contribution in [1.82, 2.24) is 10.3 Å². The molecule has 11 heavy (non-hydrogen) atoms. The maximum Gasteiger partial charge on any atom is 0.0226 e. The van der Waals surface area contributed by atoms with Crippen LogP contribution >= 0.6 is 0 Å². The molecule has 0 aromatic rings. The first kappa shape index (κ1) is 10.4. The summed E-state index contributed by atoms with van der Waals surface area (Å²) in [7, 11) is 0. The molecule has 0 amide bonds. The van der Waals surface area contributed by atoms with E-state index in [9.17, 15) is 0 Å². The molecule has 0 radical (unpaired) electrons. The van der Waals surface area contributed by atoms with E-state index >= 15 is 0 Å². The van der Waals surface area contributed by atoms with Crippen molar-refractivity contribution in [1.29, 1.82) is 0 Å². The zero-order valence-corrected chi connectivity index (χ0v) is 6.92. The van der Waals surface area contributed by atoms with Gasteiger partial charge in [-0.05, 0) is 0 Å². The fraction of sp³-hybridized carbons (Fsp3) is 0.500. The molecule has 0 fully saturated rings. The van der Waals surface area contributed by atoms with E-state index in [0.29, 0.717) is 0 Å². The summed E-state index contributed by atoms with van der Waals surface area (Å²) < 4.78 is 0. The van der Waals surface area contributed by atoms with E-state index in [2.05, 4.69) is 23.5 Å².